The van der Waals surface area contributed by atoms with E-state index in [9.17, 15) is 19.5 Å². The number of rotatable bonds is 8. The molecular weight excluding hydrogens is 670 g/mol. The fourth-order valence-corrected chi connectivity index (χ4v) is 9.93. The Morgan fingerprint density at radius 3 is 2.19 bits per heavy atom. The van der Waals surface area contributed by atoms with Crippen LogP contribution in [0.3, 0.4) is 0 Å². The number of phenols is 1. The molecule has 8 rings (SSSR count). The standard InChI is InChI=1S/C43H45N3O7/c1-25-14-17-28(18-15-25)44-46-40(49)34-24-32-30(19-20-31-37(32)41(50)45(39(31)48)29-12-8-5-9-13-29)33(43(34,42(46)51)27-10-6-4-7-11-27)21-16-26-22-35(52-2)38(47)36(23-26)53-3/h4,6-7,10-11,14-19,21-23,29,31-34,37,44,47H,5,8-9,12-13,20,24H2,1-3H3. The average molecular weight is 716 g/mol. The number of anilines is 1. The second kappa shape index (κ2) is 13.5. The lowest BCUT2D eigenvalue weighted by molar-refractivity contribution is -0.144. The Hall–Kier alpha value is -5.38. The van der Waals surface area contributed by atoms with Gasteiger partial charge in [-0.1, -0.05) is 91.1 Å². The number of ether oxygens (including phenoxy) is 2. The van der Waals surface area contributed by atoms with Gasteiger partial charge in [-0.25, -0.2) is 0 Å². The normalized spacial score (nSPS) is 28.5. The lowest BCUT2D eigenvalue weighted by Gasteiger charge is -2.49. The number of carbonyl (C=O) groups excluding carboxylic acids is 4. The Bertz CT molecular complexity index is 1990. The van der Waals surface area contributed by atoms with E-state index < -0.39 is 35.0 Å². The Kier molecular flexibility index (Phi) is 8.87. The number of carbonyl (C=O) groups is 4. The number of allylic oxidation sites excluding steroid dienone is 3. The molecule has 4 amide bonds. The Morgan fingerprint density at radius 2 is 1.53 bits per heavy atom. The van der Waals surface area contributed by atoms with Gasteiger partial charge in [-0.15, -0.1) is 0 Å². The number of likely N-dealkylation sites (tertiary alicyclic amines) is 1. The summed E-state index contributed by atoms with van der Waals surface area (Å²) in [5.74, 6) is -3.69. The fourth-order valence-electron chi connectivity index (χ4n) is 9.93. The van der Waals surface area contributed by atoms with Gasteiger partial charge in [-0.3, -0.25) is 29.5 Å². The minimum Gasteiger partial charge on any atom is -0.502 e. The smallest absolute Gasteiger partial charge is 0.260 e. The number of amides is 4. The molecule has 53 heavy (non-hydrogen) atoms. The minimum absolute atomic E-state index is 0.0937. The largest absolute Gasteiger partial charge is 0.502 e. The zero-order valence-corrected chi connectivity index (χ0v) is 30.3. The molecule has 4 fully saturated rings. The van der Waals surface area contributed by atoms with Crippen molar-refractivity contribution in [1.82, 2.24) is 9.91 Å². The number of hydrogen-bond acceptors (Lipinski definition) is 8. The van der Waals surface area contributed by atoms with E-state index in [1.165, 1.54) is 19.2 Å². The van der Waals surface area contributed by atoms with Crippen molar-refractivity contribution in [2.45, 2.75) is 63.3 Å². The topological polar surface area (TPSA) is 125 Å². The number of hydrogen-bond donors (Lipinski definition) is 2. The van der Waals surface area contributed by atoms with E-state index in [1.54, 1.807) is 17.0 Å². The Balaban J connectivity index is 1.29. The number of aromatic hydroxyl groups is 1. The molecular formula is C43H45N3O7. The number of hydrazine groups is 1. The second-order valence-corrected chi connectivity index (χ2v) is 15.1. The highest BCUT2D eigenvalue weighted by atomic mass is 16.5. The monoisotopic (exact) mass is 715 g/mol. The predicted molar refractivity (Wildman–Crippen MR) is 199 cm³/mol. The zero-order valence-electron chi connectivity index (χ0n) is 30.3. The van der Waals surface area contributed by atoms with Gasteiger partial charge in [0, 0.05) is 12.0 Å². The summed E-state index contributed by atoms with van der Waals surface area (Å²) in [6.07, 6.45) is 11.2. The number of methoxy groups -OCH3 is 2. The average Bonchev–Trinajstić information content (AvgIpc) is 3.56. The van der Waals surface area contributed by atoms with Crippen molar-refractivity contribution in [3.8, 4) is 17.2 Å². The third kappa shape index (κ3) is 5.44. The van der Waals surface area contributed by atoms with E-state index in [0.29, 0.717) is 23.2 Å². The molecule has 3 aromatic rings. The molecule has 0 bridgehead atoms. The van der Waals surface area contributed by atoms with Gasteiger partial charge in [0.15, 0.2) is 11.5 Å². The van der Waals surface area contributed by atoms with Crippen LogP contribution in [0.4, 0.5) is 5.69 Å². The van der Waals surface area contributed by atoms with Gasteiger partial charge in [-0.2, -0.15) is 5.01 Å². The lowest BCUT2D eigenvalue weighted by atomic mass is 9.50. The summed E-state index contributed by atoms with van der Waals surface area (Å²) >= 11 is 0. The minimum atomic E-state index is -1.36. The first-order chi connectivity index (χ1) is 25.7. The van der Waals surface area contributed by atoms with E-state index in [2.05, 4.69) is 11.5 Å². The molecule has 3 aliphatic carbocycles. The van der Waals surface area contributed by atoms with Crippen molar-refractivity contribution < 1.29 is 33.8 Å². The number of benzene rings is 3. The van der Waals surface area contributed by atoms with E-state index in [0.717, 1.165) is 43.2 Å². The predicted octanol–water partition coefficient (Wildman–Crippen LogP) is 6.58. The van der Waals surface area contributed by atoms with Crippen molar-refractivity contribution in [3.63, 3.8) is 0 Å². The van der Waals surface area contributed by atoms with Gasteiger partial charge in [0.25, 0.3) is 11.8 Å². The second-order valence-electron chi connectivity index (χ2n) is 15.1. The van der Waals surface area contributed by atoms with Gasteiger partial charge >= 0.3 is 0 Å². The molecule has 6 atom stereocenters. The molecule has 0 radical (unpaired) electrons. The molecule has 2 heterocycles. The number of fused-ring (bicyclic) bond motifs is 4. The van der Waals surface area contributed by atoms with Crippen LogP contribution >= 0.6 is 0 Å². The van der Waals surface area contributed by atoms with Crippen LogP contribution in [-0.4, -0.2) is 58.9 Å². The van der Waals surface area contributed by atoms with Crippen LogP contribution in [0, 0.1) is 36.5 Å². The first-order valence-corrected chi connectivity index (χ1v) is 18.7. The molecule has 10 nitrogen and oxygen atoms in total. The fraction of sp³-hybridized carbons (Fsp3) is 0.395. The molecule has 274 valence electrons. The van der Waals surface area contributed by atoms with Crippen LogP contribution in [0.25, 0.3) is 6.08 Å². The maximum atomic E-state index is 15.3. The third-order valence-electron chi connectivity index (χ3n) is 12.4. The van der Waals surface area contributed by atoms with E-state index in [4.69, 9.17) is 9.47 Å². The molecule has 2 N–H and O–H groups in total. The highest BCUT2D eigenvalue weighted by Crippen LogP contribution is 2.61. The number of nitrogens with one attached hydrogen (secondary N) is 1. The van der Waals surface area contributed by atoms with E-state index >= 15 is 4.79 Å². The highest BCUT2D eigenvalue weighted by molar-refractivity contribution is 6.13. The maximum Gasteiger partial charge on any atom is 0.260 e. The third-order valence-corrected chi connectivity index (χ3v) is 12.4. The summed E-state index contributed by atoms with van der Waals surface area (Å²) in [6, 6.07) is 20.2. The Labute approximate surface area is 309 Å². The molecule has 10 heteroatoms. The number of imide groups is 2. The van der Waals surface area contributed by atoms with E-state index in [1.807, 2.05) is 73.7 Å². The van der Waals surface area contributed by atoms with Crippen LogP contribution in [-0.2, 0) is 24.6 Å². The van der Waals surface area contributed by atoms with Crippen molar-refractivity contribution in [2.24, 2.45) is 29.6 Å². The molecule has 0 spiro atoms. The van der Waals surface area contributed by atoms with Gasteiger partial charge in [0.2, 0.25) is 17.6 Å². The molecule has 2 saturated heterocycles. The van der Waals surface area contributed by atoms with Gasteiger partial charge in [-0.05, 0) is 73.9 Å². The highest BCUT2D eigenvalue weighted by Gasteiger charge is 2.69. The maximum absolute atomic E-state index is 15.3. The van der Waals surface area contributed by atoms with Crippen molar-refractivity contribution in [2.75, 3.05) is 19.6 Å². The first kappa shape index (κ1) is 34.7. The van der Waals surface area contributed by atoms with Crippen LogP contribution in [0.1, 0.15) is 61.6 Å². The number of phenolic OH excluding ortho intramolecular Hbond substituents is 1. The molecule has 3 aromatic carbocycles. The summed E-state index contributed by atoms with van der Waals surface area (Å²) < 4.78 is 10.9. The van der Waals surface area contributed by atoms with Gasteiger partial charge in [0.05, 0.1) is 43.1 Å². The van der Waals surface area contributed by atoms with E-state index in [-0.39, 0.29) is 53.3 Å². The lowest BCUT2D eigenvalue weighted by Crippen LogP contribution is -2.54. The summed E-state index contributed by atoms with van der Waals surface area (Å²) in [5, 5.41) is 11.8. The summed E-state index contributed by atoms with van der Waals surface area (Å²) in [5.41, 5.74) is 5.67. The number of aryl methyl sites for hydroxylation is 1. The zero-order chi connectivity index (χ0) is 37.0. The van der Waals surface area contributed by atoms with Gasteiger partial charge in [0.1, 0.15) is 0 Å². The Morgan fingerprint density at radius 1 is 0.849 bits per heavy atom. The van der Waals surface area contributed by atoms with Crippen molar-refractivity contribution in [1.29, 1.82) is 0 Å². The molecule has 2 saturated carbocycles. The summed E-state index contributed by atoms with van der Waals surface area (Å²) in [7, 11) is 2.92. The number of nitrogens with zero attached hydrogens (tertiary/aromatic N) is 2. The van der Waals surface area contributed by atoms with Crippen molar-refractivity contribution in [3.05, 3.63) is 101 Å². The van der Waals surface area contributed by atoms with Crippen LogP contribution in [0.15, 0.2) is 84.5 Å². The summed E-state index contributed by atoms with van der Waals surface area (Å²) in [4.78, 5) is 60.2. The summed E-state index contributed by atoms with van der Waals surface area (Å²) in [6.45, 7) is 1.97. The molecule has 5 aliphatic rings. The van der Waals surface area contributed by atoms with Gasteiger partial charge < -0.3 is 14.6 Å². The molecule has 6 unspecified atom stereocenters. The quantitative estimate of drug-likeness (QED) is 0.198. The molecule has 2 aliphatic heterocycles. The first-order valence-electron chi connectivity index (χ1n) is 18.7. The van der Waals surface area contributed by atoms with Crippen LogP contribution < -0.4 is 14.9 Å². The van der Waals surface area contributed by atoms with Crippen LogP contribution in [0.2, 0.25) is 0 Å². The van der Waals surface area contributed by atoms with Crippen LogP contribution in [0.5, 0.6) is 17.2 Å². The SMILES string of the molecule is COc1cc(C=CC2C3=CCC4C(=O)N(C5CCCCC5)C(=O)C4C3CC3C(=O)N(Nc4ccc(C)cc4)C(=O)C23c2ccccc2)cc(OC)c1O. The van der Waals surface area contributed by atoms with Crippen molar-refractivity contribution >= 4 is 35.4 Å². The molecule has 0 aromatic heterocycles.